The lowest BCUT2D eigenvalue weighted by Crippen LogP contribution is -2.48. The molecule has 0 spiro atoms. The second-order valence-corrected chi connectivity index (χ2v) is 10.8. The highest BCUT2D eigenvalue weighted by atomic mass is 32.2. The van der Waals surface area contributed by atoms with Crippen LogP contribution in [0.3, 0.4) is 0 Å². The maximum atomic E-state index is 13.8. The van der Waals surface area contributed by atoms with Gasteiger partial charge in [-0.25, -0.2) is 8.42 Å². The van der Waals surface area contributed by atoms with Gasteiger partial charge in [-0.05, 0) is 69.5 Å². The van der Waals surface area contributed by atoms with E-state index in [1.54, 1.807) is 10.4 Å². The molecule has 174 valence electrons. The van der Waals surface area contributed by atoms with Crippen molar-refractivity contribution in [2.24, 2.45) is 0 Å². The van der Waals surface area contributed by atoms with E-state index >= 15 is 0 Å². The van der Waals surface area contributed by atoms with Crippen LogP contribution >= 0.6 is 0 Å². The summed E-state index contributed by atoms with van der Waals surface area (Å²) in [7, 11) is -3.69. The minimum absolute atomic E-state index is 0.0391. The molecule has 31 heavy (non-hydrogen) atoms. The van der Waals surface area contributed by atoms with Crippen molar-refractivity contribution >= 4 is 15.9 Å². The topological polar surface area (TPSA) is 73.0 Å². The van der Waals surface area contributed by atoms with E-state index in [1.807, 2.05) is 31.7 Å². The fourth-order valence-corrected chi connectivity index (χ4v) is 6.48. The van der Waals surface area contributed by atoms with Gasteiger partial charge in [-0.1, -0.05) is 13.0 Å². The van der Waals surface area contributed by atoms with E-state index < -0.39 is 10.0 Å². The van der Waals surface area contributed by atoms with Crippen molar-refractivity contribution in [1.29, 1.82) is 0 Å². The summed E-state index contributed by atoms with van der Waals surface area (Å²) in [6.07, 6.45) is 2.31. The Balaban J connectivity index is 1.83. The number of nitrogens with zero attached hydrogens (tertiary/aromatic N) is 3. The number of rotatable bonds is 8. The van der Waals surface area contributed by atoms with Crippen LogP contribution < -0.4 is 5.32 Å². The first-order chi connectivity index (χ1) is 14.7. The van der Waals surface area contributed by atoms with Gasteiger partial charge in [0.05, 0.1) is 4.90 Å². The van der Waals surface area contributed by atoms with E-state index in [1.165, 1.54) is 0 Å². The highest BCUT2D eigenvalue weighted by Gasteiger charge is 2.33. The van der Waals surface area contributed by atoms with E-state index in [0.717, 1.165) is 55.7 Å². The van der Waals surface area contributed by atoms with Crippen LogP contribution in [0.25, 0.3) is 0 Å². The van der Waals surface area contributed by atoms with E-state index in [9.17, 15) is 13.2 Å². The predicted octanol–water partition coefficient (Wildman–Crippen LogP) is 1.91. The number of hydrogen-bond donors (Lipinski definition) is 1. The molecule has 0 radical (unpaired) electrons. The van der Waals surface area contributed by atoms with E-state index in [-0.39, 0.29) is 24.9 Å². The van der Waals surface area contributed by atoms with Crippen molar-refractivity contribution in [2.75, 3.05) is 52.4 Å². The first-order valence-corrected chi connectivity index (χ1v) is 13.0. The molecule has 0 bridgehead atoms. The smallest absolute Gasteiger partial charge is 0.243 e. The number of benzene rings is 1. The van der Waals surface area contributed by atoms with Crippen LogP contribution in [0.5, 0.6) is 0 Å². The largest absolute Gasteiger partial charge is 0.340 e. The normalized spacial score (nSPS) is 20.5. The maximum absolute atomic E-state index is 13.8. The molecule has 0 saturated carbocycles. The fraction of sp³-hybridized carbons (Fsp3) is 0.696. The van der Waals surface area contributed by atoms with Gasteiger partial charge in [-0.15, -0.1) is 0 Å². The Morgan fingerprint density at radius 2 is 1.77 bits per heavy atom. The predicted molar refractivity (Wildman–Crippen MR) is 124 cm³/mol. The summed E-state index contributed by atoms with van der Waals surface area (Å²) < 4.78 is 29.1. The summed E-state index contributed by atoms with van der Waals surface area (Å²) in [4.78, 5) is 17.3. The molecule has 7 nitrogen and oxygen atoms in total. The number of hydrogen-bond acceptors (Lipinski definition) is 5. The third-order valence-electron chi connectivity index (χ3n) is 6.77. The molecule has 1 aromatic carbocycles. The van der Waals surface area contributed by atoms with Gasteiger partial charge in [0.2, 0.25) is 15.9 Å². The molecule has 8 heteroatoms. The Morgan fingerprint density at radius 3 is 2.45 bits per heavy atom. The lowest BCUT2D eigenvalue weighted by molar-refractivity contribution is -0.131. The molecule has 3 rings (SSSR count). The van der Waals surface area contributed by atoms with E-state index in [2.05, 4.69) is 17.1 Å². The molecular weight excluding hydrogens is 412 g/mol. The number of likely N-dealkylation sites (tertiary alicyclic amines) is 1. The second-order valence-electron chi connectivity index (χ2n) is 8.87. The van der Waals surface area contributed by atoms with Gasteiger partial charge in [-0.3, -0.25) is 9.69 Å². The Hall–Kier alpha value is -1.48. The van der Waals surface area contributed by atoms with Crippen LogP contribution in [0.4, 0.5) is 0 Å². The summed E-state index contributed by atoms with van der Waals surface area (Å²) in [6, 6.07) is 3.94. The molecule has 1 N–H and O–H groups in total. The van der Waals surface area contributed by atoms with Gasteiger partial charge in [-0.2, -0.15) is 4.31 Å². The third kappa shape index (κ3) is 5.66. The fourth-order valence-electron chi connectivity index (χ4n) is 4.71. The standard InChI is InChI=1S/C23H38N4O3S/c1-5-25-11-6-7-21(25)17-27(12-8-23(28)26-13-9-24-10-14-26)31(29,30)22-16-19(3)18(2)15-20(22)4/h15-16,21,24H,5-14,17H2,1-4H3. The molecule has 0 aliphatic carbocycles. The Labute approximate surface area is 187 Å². The molecule has 1 unspecified atom stereocenters. The Kier molecular flexibility index (Phi) is 8.13. The number of aryl methyl sites for hydroxylation is 3. The first-order valence-electron chi connectivity index (χ1n) is 11.5. The summed E-state index contributed by atoms with van der Waals surface area (Å²) in [5.74, 6) is 0.0391. The number of nitrogens with one attached hydrogen (secondary N) is 1. The van der Waals surface area contributed by atoms with Crippen molar-refractivity contribution in [3.63, 3.8) is 0 Å². The van der Waals surface area contributed by atoms with Crippen molar-refractivity contribution < 1.29 is 13.2 Å². The van der Waals surface area contributed by atoms with Crippen molar-refractivity contribution in [3.05, 3.63) is 28.8 Å². The molecule has 1 amide bonds. The van der Waals surface area contributed by atoms with E-state index in [0.29, 0.717) is 24.5 Å². The van der Waals surface area contributed by atoms with Gasteiger partial charge in [0.15, 0.2) is 0 Å². The number of sulfonamides is 1. The van der Waals surface area contributed by atoms with Gasteiger partial charge in [0.1, 0.15) is 0 Å². The van der Waals surface area contributed by atoms with Gasteiger partial charge < -0.3 is 10.2 Å². The van der Waals surface area contributed by atoms with Crippen LogP contribution in [-0.2, 0) is 14.8 Å². The zero-order valence-electron chi connectivity index (χ0n) is 19.5. The molecule has 1 atom stereocenters. The van der Waals surface area contributed by atoms with Crippen LogP contribution in [0.2, 0.25) is 0 Å². The highest BCUT2D eigenvalue weighted by molar-refractivity contribution is 7.89. The molecule has 2 fully saturated rings. The lowest BCUT2D eigenvalue weighted by atomic mass is 10.1. The summed E-state index contributed by atoms with van der Waals surface area (Å²) in [5.41, 5.74) is 2.82. The summed E-state index contributed by atoms with van der Waals surface area (Å²) in [6.45, 7) is 13.5. The minimum Gasteiger partial charge on any atom is -0.340 e. The molecule has 2 aliphatic heterocycles. The zero-order valence-corrected chi connectivity index (χ0v) is 20.3. The lowest BCUT2D eigenvalue weighted by Gasteiger charge is -2.31. The van der Waals surface area contributed by atoms with E-state index in [4.69, 9.17) is 0 Å². The SMILES string of the molecule is CCN1CCCC1CN(CCC(=O)N1CCNCC1)S(=O)(=O)c1cc(C)c(C)cc1C. The summed E-state index contributed by atoms with van der Waals surface area (Å²) >= 11 is 0. The zero-order chi connectivity index (χ0) is 22.6. The molecular formula is C23H38N4O3S. The average Bonchev–Trinajstić information content (AvgIpc) is 3.21. The van der Waals surface area contributed by atoms with Gasteiger partial charge in [0.25, 0.3) is 0 Å². The highest BCUT2D eigenvalue weighted by Crippen LogP contribution is 2.26. The van der Waals surface area contributed by atoms with Crippen LogP contribution in [0, 0.1) is 20.8 Å². The number of carbonyl (C=O) groups is 1. The maximum Gasteiger partial charge on any atom is 0.243 e. The second kappa shape index (κ2) is 10.4. The number of likely N-dealkylation sites (N-methyl/N-ethyl adjacent to an activating group) is 1. The average molecular weight is 451 g/mol. The quantitative estimate of drug-likeness (QED) is 0.655. The Morgan fingerprint density at radius 1 is 1.10 bits per heavy atom. The monoisotopic (exact) mass is 450 g/mol. The van der Waals surface area contributed by atoms with Crippen LogP contribution in [-0.4, -0.2) is 86.8 Å². The molecule has 1 aromatic rings. The summed E-state index contributed by atoms with van der Waals surface area (Å²) in [5, 5.41) is 3.25. The Bertz CT molecular complexity index is 881. The van der Waals surface area contributed by atoms with Crippen LogP contribution in [0.1, 0.15) is 42.9 Å². The minimum atomic E-state index is -3.69. The number of piperazine rings is 1. The van der Waals surface area contributed by atoms with Crippen molar-refractivity contribution in [1.82, 2.24) is 19.4 Å². The van der Waals surface area contributed by atoms with Gasteiger partial charge in [0, 0.05) is 51.7 Å². The molecule has 2 heterocycles. The van der Waals surface area contributed by atoms with Gasteiger partial charge >= 0.3 is 0 Å². The third-order valence-corrected chi connectivity index (χ3v) is 8.78. The van der Waals surface area contributed by atoms with Crippen molar-refractivity contribution in [3.8, 4) is 0 Å². The first kappa shape index (κ1) is 24.2. The number of amides is 1. The van der Waals surface area contributed by atoms with Crippen molar-refractivity contribution in [2.45, 2.75) is 57.9 Å². The molecule has 2 aliphatic rings. The number of carbonyl (C=O) groups excluding carboxylic acids is 1. The molecule has 0 aromatic heterocycles. The van der Waals surface area contributed by atoms with Crippen LogP contribution in [0.15, 0.2) is 17.0 Å². The molecule has 2 saturated heterocycles.